The standard InChI is InChI=1S/C17H28SSi/c1-5-6-7-8-9-10-11-16-12-13-17(18-16)14-15-19(2,3)4/h12-13H,5-11H2,1-4H3. The summed E-state index contributed by atoms with van der Waals surface area (Å²) in [6.07, 6.45) is 9.51. The molecule has 0 aliphatic carbocycles. The monoisotopic (exact) mass is 292 g/mol. The highest BCUT2D eigenvalue weighted by Crippen LogP contribution is 2.19. The van der Waals surface area contributed by atoms with Crippen molar-refractivity contribution < 1.29 is 0 Å². The Bertz CT molecular complexity index is 414. The van der Waals surface area contributed by atoms with E-state index in [4.69, 9.17) is 0 Å². The molecule has 0 aliphatic heterocycles. The second-order valence-electron chi connectivity index (χ2n) is 6.28. The first-order chi connectivity index (χ1) is 9.01. The molecule has 0 nitrogen and oxygen atoms in total. The second kappa shape index (κ2) is 8.61. The molecule has 0 aromatic carbocycles. The lowest BCUT2D eigenvalue weighted by Crippen LogP contribution is -2.16. The summed E-state index contributed by atoms with van der Waals surface area (Å²) >= 11 is 1.89. The van der Waals surface area contributed by atoms with Crippen LogP contribution in [0.2, 0.25) is 19.6 Å². The fourth-order valence-electron chi connectivity index (χ4n) is 1.91. The zero-order valence-corrected chi connectivity index (χ0v) is 14.8. The predicted molar refractivity (Wildman–Crippen MR) is 91.6 cm³/mol. The van der Waals surface area contributed by atoms with Crippen LogP contribution in [0.5, 0.6) is 0 Å². The quantitative estimate of drug-likeness (QED) is 0.334. The van der Waals surface area contributed by atoms with Gasteiger partial charge in [-0.15, -0.1) is 16.9 Å². The molecule has 1 heterocycles. The number of thiophene rings is 1. The van der Waals surface area contributed by atoms with Gasteiger partial charge in [0.15, 0.2) is 0 Å². The van der Waals surface area contributed by atoms with Gasteiger partial charge in [0.25, 0.3) is 0 Å². The number of unbranched alkanes of at least 4 members (excludes halogenated alkanes) is 5. The number of rotatable bonds is 7. The Morgan fingerprint density at radius 1 is 1.00 bits per heavy atom. The van der Waals surface area contributed by atoms with Crippen LogP contribution in [0, 0.1) is 11.5 Å². The molecule has 0 spiro atoms. The fourth-order valence-corrected chi connectivity index (χ4v) is 3.41. The highest BCUT2D eigenvalue weighted by molar-refractivity contribution is 7.12. The Morgan fingerprint density at radius 3 is 2.37 bits per heavy atom. The Labute approximate surface area is 124 Å². The summed E-state index contributed by atoms with van der Waals surface area (Å²) in [7, 11) is -1.23. The van der Waals surface area contributed by atoms with Gasteiger partial charge in [-0.3, -0.25) is 0 Å². The lowest BCUT2D eigenvalue weighted by Gasteiger charge is -2.02. The average Bonchev–Trinajstić information content (AvgIpc) is 2.78. The van der Waals surface area contributed by atoms with E-state index in [1.165, 1.54) is 54.7 Å². The molecular weight excluding hydrogens is 264 g/mol. The van der Waals surface area contributed by atoms with Gasteiger partial charge in [0.2, 0.25) is 0 Å². The Morgan fingerprint density at radius 2 is 1.68 bits per heavy atom. The summed E-state index contributed by atoms with van der Waals surface area (Å²) in [5, 5.41) is 0. The van der Waals surface area contributed by atoms with Gasteiger partial charge >= 0.3 is 0 Å². The maximum atomic E-state index is 3.44. The number of aryl methyl sites for hydroxylation is 1. The van der Waals surface area contributed by atoms with E-state index in [1.54, 1.807) is 0 Å². The molecule has 1 aromatic heterocycles. The lowest BCUT2D eigenvalue weighted by molar-refractivity contribution is 0.609. The molecule has 0 N–H and O–H groups in total. The van der Waals surface area contributed by atoms with Crippen molar-refractivity contribution in [1.29, 1.82) is 0 Å². The van der Waals surface area contributed by atoms with Gasteiger partial charge in [-0.1, -0.05) is 64.6 Å². The molecule has 106 valence electrons. The van der Waals surface area contributed by atoms with Crippen LogP contribution in [0.15, 0.2) is 12.1 Å². The van der Waals surface area contributed by atoms with Crippen LogP contribution in [0.1, 0.15) is 55.2 Å². The first-order valence-corrected chi connectivity index (χ1v) is 11.9. The molecule has 0 aliphatic rings. The largest absolute Gasteiger partial charge is 0.132 e. The highest BCUT2D eigenvalue weighted by atomic mass is 32.1. The Hall–Kier alpha value is -0.523. The van der Waals surface area contributed by atoms with Gasteiger partial charge in [0.1, 0.15) is 8.07 Å². The van der Waals surface area contributed by atoms with Crippen molar-refractivity contribution >= 4 is 19.4 Å². The molecule has 1 rings (SSSR count). The lowest BCUT2D eigenvalue weighted by atomic mass is 10.1. The van der Waals surface area contributed by atoms with Crippen LogP contribution < -0.4 is 0 Å². The van der Waals surface area contributed by atoms with Crippen molar-refractivity contribution in [1.82, 2.24) is 0 Å². The van der Waals surface area contributed by atoms with Gasteiger partial charge in [0, 0.05) is 4.88 Å². The summed E-state index contributed by atoms with van der Waals surface area (Å²) in [6.45, 7) is 9.16. The van der Waals surface area contributed by atoms with Gasteiger partial charge in [-0.05, 0) is 25.0 Å². The first-order valence-electron chi connectivity index (χ1n) is 7.63. The molecule has 0 unspecified atom stereocenters. The van der Waals surface area contributed by atoms with Gasteiger partial charge in [0.05, 0.1) is 4.88 Å². The number of hydrogen-bond donors (Lipinski definition) is 0. The van der Waals surface area contributed by atoms with E-state index < -0.39 is 8.07 Å². The first kappa shape index (κ1) is 16.5. The molecule has 0 amide bonds. The van der Waals surface area contributed by atoms with Crippen molar-refractivity contribution in [2.45, 2.75) is 71.5 Å². The highest BCUT2D eigenvalue weighted by Gasteiger charge is 2.07. The SMILES string of the molecule is CCCCCCCCc1ccc(C#C[Si](C)(C)C)s1. The van der Waals surface area contributed by atoms with E-state index in [2.05, 4.69) is 50.2 Å². The summed E-state index contributed by atoms with van der Waals surface area (Å²) in [5.74, 6) is 3.35. The molecule has 2 heteroatoms. The molecule has 1 aromatic rings. The van der Waals surface area contributed by atoms with Crippen molar-refractivity contribution in [2.24, 2.45) is 0 Å². The third-order valence-electron chi connectivity index (χ3n) is 3.00. The average molecular weight is 293 g/mol. The van der Waals surface area contributed by atoms with Crippen LogP contribution in [0.25, 0.3) is 0 Å². The van der Waals surface area contributed by atoms with Crippen molar-refractivity contribution in [3.8, 4) is 11.5 Å². The summed E-state index contributed by atoms with van der Waals surface area (Å²) in [6, 6.07) is 4.47. The molecule has 0 saturated carbocycles. The van der Waals surface area contributed by atoms with E-state index in [0.717, 1.165) is 0 Å². The fraction of sp³-hybridized carbons (Fsp3) is 0.647. The molecule has 0 atom stereocenters. The molecule has 0 saturated heterocycles. The van der Waals surface area contributed by atoms with Crippen LogP contribution in [0.3, 0.4) is 0 Å². The minimum absolute atomic E-state index is 1.23. The zero-order chi connectivity index (χ0) is 14.1. The van der Waals surface area contributed by atoms with Gasteiger partial charge in [-0.25, -0.2) is 0 Å². The maximum absolute atomic E-state index is 3.44. The smallest absolute Gasteiger partial charge is 0.129 e. The maximum Gasteiger partial charge on any atom is 0.129 e. The summed E-state index contributed by atoms with van der Waals surface area (Å²) in [5.41, 5.74) is 3.44. The minimum atomic E-state index is -1.23. The number of hydrogen-bond acceptors (Lipinski definition) is 1. The van der Waals surface area contributed by atoms with Gasteiger partial charge < -0.3 is 0 Å². The van der Waals surface area contributed by atoms with Crippen LogP contribution in [-0.4, -0.2) is 8.07 Å². The third-order valence-corrected chi connectivity index (χ3v) is 4.93. The van der Waals surface area contributed by atoms with Gasteiger partial charge in [-0.2, -0.15) is 0 Å². The molecule has 0 radical (unpaired) electrons. The van der Waals surface area contributed by atoms with Crippen LogP contribution in [0.4, 0.5) is 0 Å². The van der Waals surface area contributed by atoms with E-state index >= 15 is 0 Å². The van der Waals surface area contributed by atoms with E-state index in [0.29, 0.717) is 0 Å². The van der Waals surface area contributed by atoms with Crippen molar-refractivity contribution in [2.75, 3.05) is 0 Å². The molecular formula is C17H28SSi. The van der Waals surface area contributed by atoms with E-state index in [9.17, 15) is 0 Å². The second-order valence-corrected chi connectivity index (χ2v) is 12.2. The predicted octanol–water partition coefficient (Wildman–Crippen LogP) is 5.88. The van der Waals surface area contributed by atoms with Crippen LogP contribution >= 0.6 is 11.3 Å². The topological polar surface area (TPSA) is 0 Å². The Kier molecular flexibility index (Phi) is 7.49. The minimum Gasteiger partial charge on any atom is -0.132 e. The van der Waals surface area contributed by atoms with Crippen LogP contribution in [-0.2, 0) is 6.42 Å². The van der Waals surface area contributed by atoms with Crippen molar-refractivity contribution in [3.05, 3.63) is 21.9 Å². The van der Waals surface area contributed by atoms with E-state index in [-0.39, 0.29) is 0 Å². The third kappa shape index (κ3) is 8.29. The summed E-state index contributed by atoms with van der Waals surface area (Å²) < 4.78 is 0. The van der Waals surface area contributed by atoms with E-state index in [1.807, 2.05) is 11.3 Å². The molecule has 19 heavy (non-hydrogen) atoms. The normalized spacial score (nSPS) is 11.2. The zero-order valence-electron chi connectivity index (χ0n) is 13.0. The Balaban J connectivity index is 2.29. The molecule has 0 bridgehead atoms. The summed E-state index contributed by atoms with van der Waals surface area (Å²) in [4.78, 5) is 2.76. The molecule has 0 fully saturated rings. The van der Waals surface area contributed by atoms with Crippen molar-refractivity contribution in [3.63, 3.8) is 0 Å².